The molecule has 0 spiro atoms. The quantitative estimate of drug-likeness (QED) is 0.163. The summed E-state index contributed by atoms with van der Waals surface area (Å²) < 4.78 is 12.8. The van der Waals surface area contributed by atoms with Gasteiger partial charge in [0.25, 0.3) is 5.91 Å². The van der Waals surface area contributed by atoms with Crippen molar-refractivity contribution in [1.82, 2.24) is 9.88 Å². The first kappa shape index (κ1) is 29.1. The smallest absolute Gasteiger partial charge is 0.269 e. The van der Waals surface area contributed by atoms with Gasteiger partial charge >= 0.3 is 0 Å². The van der Waals surface area contributed by atoms with Crippen molar-refractivity contribution in [3.8, 4) is 11.5 Å². The Labute approximate surface area is 250 Å². The molecule has 5 rings (SSSR count). The van der Waals surface area contributed by atoms with Crippen molar-refractivity contribution in [2.24, 2.45) is 10.7 Å². The van der Waals surface area contributed by atoms with E-state index >= 15 is 0 Å². The number of nitrogens with one attached hydrogen (secondary N) is 1. The lowest BCUT2D eigenvalue weighted by molar-refractivity contribution is 0.0933. The molecule has 216 valence electrons. The number of carbonyl (C=O) groups is 1. The number of methoxy groups -OCH3 is 2. The second-order valence-electron chi connectivity index (χ2n) is 9.97. The molecule has 0 aliphatic heterocycles. The third-order valence-corrected chi connectivity index (χ3v) is 8.14. The molecule has 3 N–H and O–H groups in total. The number of benzene rings is 4. The van der Waals surface area contributed by atoms with E-state index in [1.54, 1.807) is 14.2 Å². The Hall–Kier alpha value is -4.40. The van der Waals surface area contributed by atoms with Crippen LogP contribution < -0.4 is 25.3 Å². The number of carbonyl (C=O) groups excluding carboxylic acids is 1. The predicted octanol–water partition coefficient (Wildman–Crippen LogP) is 6.60. The van der Waals surface area contributed by atoms with E-state index in [1.807, 2.05) is 82.7 Å². The largest absolute Gasteiger partial charge is 0.497 e. The van der Waals surface area contributed by atoms with Crippen molar-refractivity contribution in [2.45, 2.75) is 31.8 Å². The molecule has 5 aromatic rings. The fourth-order valence-corrected chi connectivity index (χ4v) is 5.89. The minimum Gasteiger partial charge on any atom is -0.497 e. The van der Waals surface area contributed by atoms with Crippen LogP contribution in [0.1, 0.15) is 46.9 Å². The summed E-state index contributed by atoms with van der Waals surface area (Å²) in [6, 6.07) is 29.5. The summed E-state index contributed by atoms with van der Waals surface area (Å²) in [4.78, 5) is 19.8. The summed E-state index contributed by atoms with van der Waals surface area (Å²) in [6.07, 6.45) is 2.82. The summed E-state index contributed by atoms with van der Waals surface area (Å²) in [5.41, 5.74) is 9.10. The molecule has 0 saturated carbocycles. The van der Waals surface area contributed by atoms with Crippen molar-refractivity contribution in [1.29, 1.82) is 0 Å². The van der Waals surface area contributed by atoms with Gasteiger partial charge in [-0.05, 0) is 66.2 Å². The zero-order valence-electron chi connectivity index (χ0n) is 24.0. The van der Waals surface area contributed by atoms with Gasteiger partial charge in [-0.15, -0.1) is 11.3 Å². The van der Waals surface area contributed by atoms with Gasteiger partial charge < -0.3 is 25.1 Å². The maximum Gasteiger partial charge on any atom is 0.269 e. The van der Waals surface area contributed by atoms with Crippen LogP contribution in [0.2, 0.25) is 0 Å². The summed E-state index contributed by atoms with van der Waals surface area (Å²) in [6.45, 7) is 1.33. The van der Waals surface area contributed by atoms with Crippen LogP contribution in [0.5, 0.6) is 11.5 Å². The lowest BCUT2D eigenvalue weighted by Gasteiger charge is -2.21. The third kappa shape index (κ3) is 6.73. The number of fused-ring (bicyclic) bond motifs is 1. The van der Waals surface area contributed by atoms with E-state index in [-0.39, 0.29) is 11.9 Å². The van der Waals surface area contributed by atoms with E-state index in [0.717, 1.165) is 63.1 Å². The van der Waals surface area contributed by atoms with Gasteiger partial charge in [-0.1, -0.05) is 67.1 Å². The van der Waals surface area contributed by atoms with Gasteiger partial charge in [0.2, 0.25) is 0 Å². The molecule has 4 aromatic carbocycles. The van der Waals surface area contributed by atoms with Gasteiger partial charge in [0.1, 0.15) is 17.2 Å². The van der Waals surface area contributed by atoms with Gasteiger partial charge in [-0.3, -0.25) is 4.79 Å². The first-order chi connectivity index (χ1) is 20.6. The lowest BCUT2D eigenvalue weighted by atomic mass is 9.98. The molecule has 1 aromatic heterocycles. The van der Waals surface area contributed by atoms with Crippen molar-refractivity contribution in [3.05, 3.63) is 118 Å². The topological polar surface area (TPSA) is 90.9 Å². The molecule has 0 bridgehead atoms. The third-order valence-electron chi connectivity index (χ3n) is 7.27. The predicted molar refractivity (Wildman–Crippen MR) is 170 cm³/mol. The molecular formula is C34H36N4O3S. The summed E-state index contributed by atoms with van der Waals surface area (Å²) in [5, 5.41) is 7.40. The van der Waals surface area contributed by atoms with E-state index in [1.165, 1.54) is 11.3 Å². The van der Waals surface area contributed by atoms with Gasteiger partial charge in [0.15, 0.2) is 4.80 Å². The van der Waals surface area contributed by atoms with E-state index in [9.17, 15) is 4.79 Å². The zero-order valence-corrected chi connectivity index (χ0v) is 24.8. The molecule has 1 heterocycles. The maximum absolute atomic E-state index is 14.0. The average Bonchev–Trinajstić information content (AvgIpc) is 3.44. The van der Waals surface area contributed by atoms with Crippen molar-refractivity contribution < 1.29 is 14.3 Å². The van der Waals surface area contributed by atoms with Crippen LogP contribution >= 0.6 is 11.3 Å². The second kappa shape index (κ2) is 14.0. The SMILES string of the molecule is COc1ccc(C(NC(=O)c2csc(=Nc3cccc4ccccc34)n2CCCCCN)c2ccc(OC)cc2)cc1. The van der Waals surface area contributed by atoms with Crippen LogP contribution in [0.25, 0.3) is 10.8 Å². The minimum atomic E-state index is -0.377. The van der Waals surface area contributed by atoms with Crippen molar-refractivity contribution in [2.75, 3.05) is 20.8 Å². The number of aromatic nitrogens is 1. The van der Waals surface area contributed by atoms with Crippen molar-refractivity contribution in [3.63, 3.8) is 0 Å². The van der Waals surface area contributed by atoms with E-state index in [4.69, 9.17) is 20.2 Å². The van der Waals surface area contributed by atoms with Crippen molar-refractivity contribution >= 4 is 33.7 Å². The maximum atomic E-state index is 14.0. The van der Waals surface area contributed by atoms with Gasteiger partial charge in [-0.25, -0.2) is 4.99 Å². The number of hydrogen-bond donors (Lipinski definition) is 2. The van der Waals surface area contributed by atoms with Crippen LogP contribution in [-0.2, 0) is 6.54 Å². The summed E-state index contributed by atoms with van der Waals surface area (Å²) in [7, 11) is 3.28. The highest BCUT2D eigenvalue weighted by atomic mass is 32.1. The Kier molecular flexibility index (Phi) is 9.69. The van der Waals surface area contributed by atoms with Crippen LogP contribution in [0.3, 0.4) is 0 Å². The molecule has 0 atom stereocenters. The molecule has 0 radical (unpaired) electrons. The van der Waals surface area contributed by atoms with E-state index in [2.05, 4.69) is 23.5 Å². The molecule has 42 heavy (non-hydrogen) atoms. The monoisotopic (exact) mass is 580 g/mol. The number of unbranched alkanes of at least 4 members (excludes halogenated alkanes) is 2. The number of nitrogens with zero attached hydrogens (tertiary/aromatic N) is 2. The Morgan fingerprint density at radius 3 is 2.14 bits per heavy atom. The summed E-state index contributed by atoms with van der Waals surface area (Å²) in [5.74, 6) is 1.35. The standard InChI is InChI=1S/C34H36N4O3S/c1-40-27-17-13-25(14-18-27)32(26-15-19-28(41-2)20-16-26)37-33(39)31-23-42-34(38(31)22-7-3-6-21-35)36-30-12-8-10-24-9-4-5-11-29(24)30/h4-5,8-20,23,32H,3,6-7,21-22,35H2,1-2H3,(H,37,39). The molecule has 8 heteroatoms. The number of rotatable bonds is 12. The highest BCUT2D eigenvalue weighted by Crippen LogP contribution is 2.28. The number of hydrogen-bond acceptors (Lipinski definition) is 6. The Morgan fingerprint density at radius 1 is 0.857 bits per heavy atom. The first-order valence-electron chi connectivity index (χ1n) is 14.1. The molecule has 1 amide bonds. The normalized spacial score (nSPS) is 11.7. The van der Waals surface area contributed by atoms with Crippen LogP contribution in [0.4, 0.5) is 5.69 Å². The molecule has 7 nitrogen and oxygen atoms in total. The molecule has 0 aliphatic rings. The number of thiazole rings is 1. The van der Waals surface area contributed by atoms with Crippen LogP contribution in [0.15, 0.2) is 101 Å². The van der Waals surface area contributed by atoms with Gasteiger partial charge in [0, 0.05) is 17.3 Å². The Bertz CT molecular complexity index is 1640. The molecule has 0 fully saturated rings. The molecule has 0 saturated heterocycles. The Balaban J connectivity index is 1.52. The summed E-state index contributed by atoms with van der Waals surface area (Å²) >= 11 is 1.48. The van der Waals surface area contributed by atoms with E-state index < -0.39 is 0 Å². The fourth-order valence-electron chi connectivity index (χ4n) is 4.97. The highest BCUT2D eigenvalue weighted by molar-refractivity contribution is 7.07. The second-order valence-corrected chi connectivity index (χ2v) is 10.8. The fraction of sp³-hybridized carbons (Fsp3) is 0.235. The van der Waals surface area contributed by atoms with Gasteiger partial charge in [-0.2, -0.15) is 0 Å². The zero-order chi connectivity index (χ0) is 29.3. The lowest BCUT2D eigenvalue weighted by Crippen LogP contribution is -2.32. The number of nitrogens with two attached hydrogens (primary N) is 1. The number of amides is 1. The average molecular weight is 581 g/mol. The molecule has 0 unspecified atom stereocenters. The van der Waals surface area contributed by atoms with Crippen LogP contribution in [-0.4, -0.2) is 31.2 Å². The number of ether oxygens (including phenoxy) is 2. The highest BCUT2D eigenvalue weighted by Gasteiger charge is 2.21. The minimum absolute atomic E-state index is 0.166. The van der Waals surface area contributed by atoms with Gasteiger partial charge in [0.05, 0.1) is 25.9 Å². The van der Waals surface area contributed by atoms with E-state index in [0.29, 0.717) is 18.8 Å². The van der Waals surface area contributed by atoms with Crippen LogP contribution in [0, 0.1) is 0 Å². The first-order valence-corrected chi connectivity index (χ1v) is 15.0. The molecular weight excluding hydrogens is 544 g/mol. The molecule has 0 aliphatic carbocycles. The Morgan fingerprint density at radius 2 is 1.50 bits per heavy atom.